The lowest BCUT2D eigenvalue weighted by atomic mass is 10.1. The minimum absolute atomic E-state index is 0.0513. The predicted octanol–water partition coefficient (Wildman–Crippen LogP) is 4.59. The Balaban J connectivity index is 1.31. The van der Waals surface area contributed by atoms with E-state index in [1.165, 1.54) is 0 Å². The predicted molar refractivity (Wildman–Crippen MR) is 121 cm³/mol. The van der Waals surface area contributed by atoms with Gasteiger partial charge in [0.05, 0.1) is 5.92 Å². The van der Waals surface area contributed by atoms with Crippen LogP contribution in [0.4, 0.5) is 5.69 Å². The third-order valence-corrected chi connectivity index (χ3v) is 5.52. The van der Waals surface area contributed by atoms with Crippen molar-refractivity contribution in [3.63, 3.8) is 0 Å². The van der Waals surface area contributed by atoms with Crippen molar-refractivity contribution in [2.45, 2.75) is 19.6 Å². The fraction of sp³-hybridized carbons (Fsp3) is 0.200. The lowest BCUT2D eigenvalue weighted by molar-refractivity contribution is -0.126. The molecule has 1 N–H and O–H groups in total. The van der Waals surface area contributed by atoms with E-state index in [-0.39, 0.29) is 24.2 Å². The van der Waals surface area contributed by atoms with Gasteiger partial charge in [-0.05, 0) is 47.5 Å². The molecule has 0 bridgehead atoms. The van der Waals surface area contributed by atoms with Crippen molar-refractivity contribution in [3.05, 3.63) is 95.0 Å². The highest BCUT2D eigenvalue weighted by Crippen LogP contribution is 2.27. The number of nitrogens with zero attached hydrogens (tertiary/aromatic N) is 1. The zero-order valence-corrected chi connectivity index (χ0v) is 17.7. The van der Waals surface area contributed by atoms with Gasteiger partial charge in [0, 0.05) is 30.2 Å². The molecule has 1 aliphatic rings. The fourth-order valence-corrected chi connectivity index (χ4v) is 3.66. The summed E-state index contributed by atoms with van der Waals surface area (Å²) in [5.74, 6) is 0.198. The number of benzene rings is 3. The van der Waals surface area contributed by atoms with Crippen LogP contribution >= 0.6 is 11.6 Å². The van der Waals surface area contributed by atoms with Crippen LogP contribution in [-0.4, -0.2) is 18.4 Å². The molecule has 1 fully saturated rings. The second kappa shape index (κ2) is 9.67. The number of carbonyl (C=O) groups is 2. The van der Waals surface area contributed by atoms with Gasteiger partial charge in [0.25, 0.3) is 0 Å². The summed E-state index contributed by atoms with van der Waals surface area (Å²) < 4.78 is 5.80. The fourth-order valence-electron chi connectivity index (χ4n) is 3.53. The maximum atomic E-state index is 12.5. The highest BCUT2D eigenvalue weighted by Gasteiger charge is 2.35. The van der Waals surface area contributed by atoms with E-state index in [2.05, 4.69) is 5.32 Å². The number of rotatable bonds is 7. The van der Waals surface area contributed by atoms with Crippen LogP contribution in [0, 0.1) is 5.92 Å². The summed E-state index contributed by atoms with van der Waals surface area (Å²) in [6, 6.07) is 24.7. The first-order valence-electron chi connectivity index (χ1n) is 10.2. The Kier molecular flexibility index (Phi) is 6.53. The summed E-state index contributed by atoms with van der Waals surface area (Å²) in [5, 5.41) is 3.57. The average molecular weight is 435 g/mol. The third kappa shape index (κ3) is 5.44. The largest absolute Gasteiger partial charge is 0.489 e. The van der Waals surface area contributed by atoms with Crippen LogP contribution in [0.1, 0.15) is 17.5 Å². The van der Waals surface area contributed by atoms with E-state index in [0.717, 1.165) is 22.6 Å². The molecular weight excluding hydrogens is 412 g/mol. The van der Waals surface area contributed by atoms with E-state index in [4.69, 9.17) is 16.3 Å². The number of hydrogen-bond donors (Lipinski definition) is 1. The Hall–Kier alpha value is -3.31. The summed E-state index contributed by atoms with van der Waals surface area (Å²) in [6.45, 7) is 1.27. The molecule has 0 radical (unpaired) electrons. The second-order valence-corrected chi connectivity index (χ2v) is 7.95. The number of anilines is 1. The number of halogens is 1. The van der Waals surface area contributed by atoms with Crippen LogP contribution in [0.5, 0.6) is 5.75 Å². The first kappa shape index (κ1) is 20.9. The summed E-state index contributed by atoms with van der Waals surface area (Å²) in [4.78, 5) is 26.7. The molecular formula is C25H23ClN2O3. The van der Waals surface area contributed by atoms with E-state index in [1.807, 2.05) is 66.7 Å². The smallest absolute Gasteiger partial charge is 0.227 e. The quantitative estimate of drug-likeness (QED) is 0.591. The standard InChI is InChI=1S/C25H23ClN2O3/c26-21-8-6-18(7-9-21)15-27-25(30)20-14-24(29)28(16-20)22-10-12-23(13-11-22)31-17-19-4-2-1-3-5-19/h1-13,20H,14-17H2,(H,27,30)/t20-/m0/s1. The van der Waals surface area contributed by atoms with Crippen molar-refractivity contribution >= 4 is 29.1 Å². The SMILES string of the molecule is O=C(NCc1ccc(Cl)cc1)[C@H]1CC(=O)N(c2ccc(OCc3ccccc3)cc2)C1. The number of amides is 2. The molecule has 0 unspecified atom stereocenters. The monoisotopic (exact) mass is 434 g/mol. The van der Waals surface area contributed by atoms with E-state index >= 15 is 0 Å². The molecule has 1 saturated heterocycles. The molecule has 0 aliphatic carbocycles. The molecule has 0 spiro atoms. The molecule has 5 nitrogen and oxygen atoms in total. The van der Waals surface area contributed by atoms with E-state index in [0.29, 0.717) is 24.7 Å². The van der Waals surface area contributed by atoms with Gasteiger partial charge < -0.3 is 15.0 Å². The molecule has 6 heteroatoms. The first-order chi connectivity index (χ1) is 15.1. The maximum absolute atomic E-state index is 12.5. The highest BCUT2D eigenvalue weighted by molar-refractivity contribution is 6.30. The van der Waals surface area contributed by atoms with Crippen molar-refractivity contribution < 1.29 is 14.3 Å². The number of ether oxygens (including phenoxy) is 1. The molecule has 1 aliphatic heterocycles. The van der Waals surface area contributed by atoms with Gasteiger partial charge in [-0.2, -0.15) is 0 Å². The van der Waals surface area contributed by atoms with E-state index < -0.39 is 0 Å². The minimum Gasteiger partial charge on any atom is -0.489 e. The molecule has 1 heterocycles. The zero-order chi connectivity index (χ0) is 21.6. The third-order valence-electron chi connectivity index (χ3n) is 5.27. The van der Waals surface area contributed by atoms with Crippen molar-refractivity contribution in [3.8, 4) is 5.75 Å². The first-order valence-corrected chi connectivity index (χ1v) is 10.6. The van der Waals surface area contributed by atoms with Crippen molar-refractivity contribution in [2.75, 3.05) is 11.4 Å². The maximum Gasteiger partial charge on any atom is 0.227 e. The molecule has 0 aromatic heterocycles. The molecule has 2 amide bonds. The van der Waals surface area contributed by atoms with Gasteiger partial charge in [-0.25, -0.2) is 0 Å². The van der Waals surface area contributed by atoms with Crippen LogP contribution in [0.25, 0.3) is 0 Å². The lowest BCUT2D eigenvalue weighted by Crippen LogP contribution is -2.32. The summed E-state index contributed by atoms with van der Waals surface area (Å²) in [5.41, 5.74) is 2.82. The van der Waals surface area contributed by atoms with Gasteiger partial charge >= 0.3 is 0 Å². The summed E-state index contributed by atoms with van der Waals surface area (Å²) in [6.07, 6.45) is 0.207. The molecule has 1 atom stereocenters. The Bertz CT molecular complexity index is 1040. The van der Waals surface area contributed by atoms with Crippen LogP contribution in [0.2, 0.25) is 5.02 Å². The van der Waals surface area contributed by atoms with Crippen molar-refractivity contribution in [2.24, 2.45) is 5.92 Å². The van der Waals surface area contributed by atoms with Crippen LogP contribution in [0.3, 0.4) is 0 Å². The van der Waals surface area contributed by atoms with Gasteiger partial charge in [-0.3, -0.25) is 9.59 Å². The van der Waals surface area contributed by atoms with Gasteiger partial charge in [0.2, 0.25) is 11.8 Å². The molecule has 3 aromatic rings. The Labute approximate surface area is 186 Å². The van der Waals surface area contributed by atoms with Crippen molar-refractivity contribution in [1.82, 2.24) is 5.32 Å². The summed E-state index contributed by atoms with van der Waals surface area (Å²) >= 11 is 5.89. The Morgan fingerprint density at radius 1 is 0.968 bits per heavy atom. The normalized spacial score (nSPS) is 15.7. The molecule has 4 rings (SSSR count). The Morgan fingerprint density at radius 3 is 2.39 bits per heavy atom. The zero-order valence-electron chi connectivity index (χ0n) is 17.0. The van der Waals surface area contributed by atoms with Crippen LogP contribution < -0.4 is 15.0 Å². The van der Waals surface area contributed by atoms with Gasteiger partial charge in [0.15, 0.2) is 0 Å². The van der Waals surface area contributed by atoms with Gasteiger partial charge in [-0.15, -0.1) is 0 Å². The van der Waals surface area contributed by atoms with Gasteiger partial charge in [0.1, 0.15) is 12.4 Å². The van der Waals surface area contributed by atoms with Gasteiger partial charge in [-0.1, -0.05) is 54.1 Å². The topological polar surface area (TPSA) is 58.6 Å². The highest BCUT2D eigenvalue weighted by atomic mass is 35.5. The van der Waals surface area contributed by atoms with Crippen LogP contribution in [0.15, 0.2) is 78.9 Å². The minimum atomic E-state index is -0.367. The number of carbonyl (C=O) groups excluding carboxylic acids is 2. The average Bonchev–Trinajstić information content (AvgIpc) is 3.20. The molecule has 3 aromatic carbocycles. The van der Waals surface area contributed by atoms with Crippen LogP contribution in [-0.2, 0) is 22.7 Å². The molecule has 0 saturated carbocycles. The number of hydrogen-bond acceptors (Lipinski definition) is 3. The lowest BCUT2D eigenvalue weighted by Gasteiger charge is -2.17. The molecule has 31 heavy (non-hydrogen) atoms. The number of nitrogens with one attached hydrogen (secondary N) is 1. The summed E-state index contributed by atoms with van der Waals surface area (Å²) in [7, 11) is 0. The second-order valence-electron chi connectivity index (χ2n) is 7.52. The molecule has 158 valence electrons. The van der Waals surface area contributed by atoms with Crippen molar-refractivity contribution in [1.29, 1.82) is 0 Å². The van der Waals surface area contributed by atoms with E-state index in [9.17, 15) is 9.59 Å². The Morgan fingerprint density at radius 2 is 1.68 bits per heavy atom. The van der Waals surface area contributed by atoms with E-state index in [1.54, 1.807) is 17.0 Å².